The zero-order chi connectivity index (χ0) is 27.6. The van der Waals surface area contributed by atoms with Crippen LogP contribution in [-0.2, 0) is 14.8 Å². The maximum atomic E-state index is 14.0. The first kappa shape index (κ1) is 25.6. The van der Waals surface area contributed by atoms with Crippen LogP contribution in [0.25, 0.3) is 10.9 Å². The summed E-state index contributed by atoms with van der Waals surface area (Å²) in [5.41, 5.74) is 2.46. The van der Waals surface area contributed by atoms with Crippen LogP contribution in [0.2, 0.25) is 0 Å². The first-order valence-electron chi connectivity index (χ1n) is 11.9. The van der Waals surface area contributed by atoms with Gasteiger partial charge in [-0.3, -0.25) is 14.9 Å². The molecule has 0 radical (unpaired) electrons. The molecule has 11 heteroatoms. The zero-order valence-corrected chi connectivity index (χ0v) is 21.8. The summed E-state index contributed by atoms with van der Waals surface area (Å²) in [4.78, 5) is 37.7. The molecule has 10 nitrogen and oxygen atoms in total. The van der Waals surface area contributed by atoms with Gasteiger partial charge in [0.15, 0.2) is 10.7 Å². The molecule has 0 N–H and O–H groups in total. The largest absolute Gasteiger partial charge is 0.443 e. The number of para-hydroxylation sites is 2. The number of Topliss-reactive ketones (excluding diaryl/α,β-unsaturated/α-hetero) is 1. The van der Waals surface area contributed by atoms with Crippen LogP contribution >= 0.6 is 0 Å². The molecule has 1 aromatic heterocycles. The topological polar surface area (TPSA) is 129 Å². The third-order valence-electron chi connectivity index (χ3n) is 6.80. The van der Waals surface area contributed by atoms with Gasteiger partial charge in [0.1, 0.15) is 11.3 Å². The summed E-state index contributed by atoms with van der Waals surface area (Å²) < 4.78 is 36.0. The van der Waals surface area contributed by atoms with Crippen LogP contribution in [0.4, 0.5) is 10.5 Å². The lowest BCUT2D eigenvalue weighted by Crippen LogP contribution is -2.47. The fourth-order valence-electron chi connectivity index (χ4n) is 5.29. The minimum atomic E-state index is -4.43. The van der Waals surface area contributed by atoms with Crippen molar-refractivity contribution in [2.75, 3.05) is 6.54 Å². The minimum Gasteiger partial charge on any atom is -0.443 e. The van der Waals surface area contributed by atoms with Crippen LogP contribution in [0.3, 0.4) is 0 Å². The van der Waals surface area contributed by atoms with Gasteiger partial charge in [0.05, 0.1) is 22.4 Å². The summed E-state index contributed by atoms with van der Waals surface area (Å²) >= 11 is 0. The van der Waals surface area contributed by atoms with E-state index in [1.807, 2.05) is 0 Å². The van der Waals surface area contributed by atoms with E-state index in [2.05, 4.69) is 12.3 Å². The molecule has 2 heterocycles. The monoisotopic (exact) mass is 535 g/mol. The van der Waals surface area contributed by atoms with Crippen LogP contribution < -0.4 is 0 Å². The Balaban J connectivity index is 1.79. The number of ketones is 1. The van der Waals surface area contributed by atoms with Crippen LogP contribution in [0.5, 0.6) is 0 Å². The maximum Gasteiger partial charge on any atom is 0.419 e. The van der Waals surface area contributed by atoms with Gasteiger partial charge < -0.3 is 4.74 Å². The number of hydrogen-bond donors (Lipinski definition) is 0. The van der Waals surface area contributed by atoms with E-state index in [1.54, 1.807) is 45.0 Å². The van der Waals surface area contributed by atoms with Crippen molar-refractivity contribution in [2.45, 2.75) is 43.7 Å². The smallest absolute Gasteiger partial charge is 0.419 e. The van der Waals surface area contributed by atoms with Crippen molar-refractivity contribution in [3.8, 4) is 0 Å². The number of nitro groups is 1. The fourth-order valence-corrected chi connectivity index (χ4v) is 7.04. The summed E-state index contributed by atoms with van der Waals surface area (Å²) in [6, 6.07) is 11.1. The van der Waals surface area contributed by atoms with Gasteiger partial charge >= 0.3 is 6.09 Å². The van der Waals surface area contributed by atoms with Gasteiger partial charge in [-0.2, -0.15) is 4.31 Å². The van der Waals surface area contributed by atoms with Gasteiger partial charge in [0.25, 0.3) is 15.7 Å². The molecule has 2 aliphatic rings. The molecule has 0 unspecified atom stereocenters. The van der Waals surface area contributed by atoms with E-state index in [0.717, 1.165) is 10.4 Å². The summed E-state index contributed by atoms with van der Waals surface area (Å²) in [7, 11) is -4.43. The normalized spacial score (nSPS) is 19.7. The standard InChI is InChI=1S/C27H25N3O7S/c1-5-16-15-28(38(35,36)22-13-9-8-12-20(22)30(33)34)21-14-18(16)25(31)24-23(21)17-10-6-7-11-19(17)29(24)26(32)37-27(2,3)4/h6-13,18,21H,1,14-15H2,2-4H3/t18-,21-/m0/s1. The van der Waals surface area contributed by atoms with Gasteiger partial charge in [-0.15, -0.1) is 5.73 Å². The Bertz CT molecular complexity index is 1690. The number of fused-ring (bicyclic) bond motifs is 6. The highest BCUT2D eigenvalue weighted by atomic mass is 32.2. The number of carbonyl (C=O) groups excluding carboxylic acids is 2. The number of sulfonamides is 1. The number of benzene rings is 2. The molecule has 2 bridgehead atoms. The summed E-state index contributed by atoms with van der Waals surface area (Å²) in [5.74, 6) is -1.11. The zero-order valence-electron chi connectivity index (χ0n) is 21.0. The van der Waals surface area contributed by atoms with Crippen molar-refractivity contribution in [3.05, 3.63) is 87.8 Å². The highest BCUT2D eigenvalue weighted by Gasteiger charge is 2.51. The molecular formula is C27H25N3O7S. The lowest BCUT2D eigenvalue weighted by atomic mass is 9.75. The number of carbonyl (C=O) groups is 2. The van der Waals surface area contributed by atoms with Crippen LogP contribution in [0, 0.1) is 16.0 Å². The third kappa shape index (κ3) is 3.87. The van der Waals surface area contributed by atoms with E-state index in [-0.39, 0.29) is 24.4 Å². The Morgan fingerprint density at radius 2 is 1.82 bits per heavy atom. The molecule has 1 aliphatic carbocycles. The summed E-state index contributed by atoms with van der Waals surface area (Å²) in [6.45, 7) is 8.57. The Kier molecular flexibility index (Phi) is 5.90. The first-order valence-corrected chi connectivity index (χ1v) is 13.4. The molecule has 1 fully saturated rings. The number of nitrogens with zero attached hydrogens (tertiary/aromatic N) is 3. The minimum absolute atomic E-state index is 0.0388. The van der Waals surface area contributed by atoms with Gasteiger partial charge in [0, 0.05) is 23.6 Å². The average molecular weight is 536 g/mol. The van der Waals surface area contributed by atoms with E-state index in [0.29, 0.717) is 22.0 Å². The number of hydrogen-bond acceptors (Lipinski definition) is 7. The van der Waals surface area contributed by atoms with E-state index in [1.165, 1.54) is 22.8 Å². The molecule has 2 atom stereocenters. The molecule has 0 spiro atoms. The summed E-state index contributed by atoms with van der Waals surface area (Å²) in [5, 5.41) is 12.2. The van der Waals surface area contributed by atoms with E-state index < -0.39 is 49.2 Å². The van der Waals surface area contributed by atoms with Crippen LogP contribution in [0.1, 0.15) is 49.3 Å². The molecule has 196 valence electrons. The predicted molar refractivity (Wildman–Crippen MR) is 138 cm³/mol. The van der Waals surface area contributed by atoms with Crippen LogP contribution in [0.15, 0.2) is 71.3 Å². The van der Waals surface area contributed by atoms with Crippen molar-refractivity contribution in [1.29, 1.82) is 0 Å². The molecule has 2 aromatic carbocycles. The Labute approximate surface area is 219 Å². The molecule has 3 aromatic rings. The molecule has 38 heavy (non-hydrogen) atoms. The van der Waals surface area contributed by atoms with Gasteiger partial charge in [-0.25, -0.2) is 17.8 Å². The van der Waals surface area contributed by atoms with Gasteiger partial charge in [-0.1, -0.05) is 36.9 Å². The fraction of sp³-hybridized carbons (Fsp3) is 0.296. The molecular weight excluding hydrogens is 510 g/mol. The number of aromatic nitrogens is 1. The lowest BCUT2D eigenvalue weighted by Gasteiger charge is -2.42. The van der Waals surface area contributed by atoms with Crippen molar-refractivity contribution in [3.63, 3.8) is 0 Å². The third-order valence-corrected chi connectivity index (χ3v) is 8.70. The maximum absolute atomic E-state index is 14.0. The van der Waals surface area contributed by atoms with E-state index in [9.17, 15) is 28.1 Å². The SMILES string of the molecule is C=C=C1CN(S(=O)(=O)c2ccccc2[N+](=O)[O-])[C@H]2C[C@@H]1C(=O)c1c2c2ccccc2n1C(=O)OC(C)(C)C. The molecule has 5 rings (SSSR count). The Morgan fingerprint density at radius 1 is 1.16 bits per heavy atom. The molecule has 0 amide bonds. The average Bonchev–Trinajstić information content (AvgIpc) is 3.21. The predicted octanol–water partition coefficient (Wildman–Crippen LogP) is 4.99. The van der Waals surface area contributed by atoms with Crippen molar-refractivity contribution in [2.24, 2.45) is 5.92 Å². The highest BCUT2D eigenvalue weighted by molar-refractivity contribution is 7.89. The van der Waals surface area contributed by atoms with Gasteiger partial charge in [-0.05, 0) is 44.9 Å². The highest BCUT2D eigenvalue weighted by Crippen LogP contribution is 2.50. The van der Waals surface area contributed by atoms with E-state index in [4.69, 9.17) is 4.74 Å². The second-order valence-corrected chi connectivity index (χ2v) is 12.1. The van der Waals surface area contributed by atoms with E-state index >= 15 is 0 Å². The van der Waals surface area contributed by atoms with Crippen molar-refractivity contribution >= 4 is 38.5 Å². The Morgan fingerprint density at radius 3 is 2.47 bits per heavy atom. The second-order valence-electron chi connectivity index (χ2n) is 10.2. The summed E-state index contributed by atoms with van der Waals surface area (Å²) in [6.07, 6.45) is -0.674. The molecule has 1 aliphatic heterocycles. The lowest BCUT2D eigenvalue weighted by molar-refractivity contribution is -0.387. The quantitative estimate of drug-likeness (QED) is 0.262. The molecule has 0 saturated carbocycles. The number of piperidine rings is 1. The van der Waals surface area contributed by atoms with Crippen molar-refractivity contribution in [1.82, 2.24) is 8.87 Å². The number of ether oxygens (including phenoxy) is 1. The van der Waals surface area contributed by atoms with Crippen LogP contribution in [-0.4, -0.2) is 46.2 Å². The number of rotatable bonds is 3. The van der Waals surface area contributed by atoms with Gasteiger partial charge in [0.2, 0.25) is 0 Å². The van der Waals surface area contributed by atoms with Crippen molar-refractivity contribution < 1.29 is 27.7 Å². The Hall–Kier alpha value is -4.05. The first-order chi connectivity index (χ1) is 17.9. The number of nitro benzene ring substituents is 1. The molecule has 1 saturated heterocycles. The second kappa shape index (κ2) is 8.76.